The predicted molar refractivity (Wildman–Crippen MR) is 81.4 cm³/mol. The summed E-state index contributed by atoms with van der Waals surface area (Å²) in [4.78, 5) is 23.5. The standard InChI is InChI=1S/C16H7ClF3NO3/c17-12-13(20)11(19)5-9-14(12)21(6-10(15(9)22)16(23)24)8-3-1-7(18)2-4-8/h1-6H,(H,23,24). The number of halogens is 4. The zero-order valence-electron chi connectivity index (χ0n) is 11.7. The van der Waals surface area contributed by atoms with Gasteiger partial charge in [-0.3, -0.25) is 4.79 Å². The number of pyridine rings is 1. The van der Waals surface area contributed by atoms with Crippen molar-refractivity contribution < 1.29 is 23.1 Å². The molecule has 0 saturated heterocycles. The van der Waals surface area contributed by atoms with Crippen molar-refractivity contribution in [2.24, 2.45) is 0 Å². The molecule has 122 valence electrons. The highest BCUT2D eigenvalue weighted by Crippen LogP contribution is 2.29. The minimum absolute atomic E-state index is 0.211. The van der Waals surface area contributed by atoms with Gasteiger partial charge in [0, 0.05) is 11.9 Å². The number of carboxylic acid groups (broad SMARTS) is 1. The van der Waals surface area contributed by atoms with Crippen molar-refractivity contribution in [2.75, 3.05) is 0 Å². The molecular formula is C16H7ClF3NO3. The Morgan fingerprint density at radius 2 is 1.75 bits per heavy atom. The van der Waals surface area contributed by atoms with Gasteiger partial charge in [0.1, 0.15) is 16.4 Å². The second-order valence-electron chi connectivity index (χ2n) is 4.91. The van der Waals surface area contributed by atoms with Gasteiger partial charge in [-0.2, -0.15) is 0 Å². The van der Waals surface area contributed by atoms with Crippen molar-refractivity contribution in [1.29, 1.82) is 0 Å². The molecule has 3 rings (SSSR count). The van der Waals surface area contributed by atoms with Gasteiger partial charge in [-0.1, -0.05) is 11.6 Å². The van der Waals surface area contributed by atoms with Gasteiger partial charge in [0.15, 0.2) is 11.6 Å². The third kappa shape index (κ3) is 2.43. The van der Waals surface area contributed by atoms with Crippen LogP contribution >= 0.6 is 11.6 Å². The molecule has 0 aliphatic heterocycles. The largest absolute Gasteiger partial charge is 0.477 e. The molecule has 0 radical (unpaired) electrons. The lowest BCUT2D eigenvalue weighted by atomic mass is 10.1. The zero-order chi connectivity index (χ0) is 17.6. The highest BCUT2D eigenvalue weighted by Gasteiger charge is 2.21. The van der Waals surface area contributed by atoms with Crippen LogP contribution in [0.4, 0.5) is 13.2 Å². The number of carboxylic acids is 1. The Hall–Kier alpha value is -2.80. The Morgan fingerprint density at radius 1 is 1.12 bits per heavy atom. The van der Waals surface area contributed by atoms with E-state index >= 15 is 0 Å². The first-order chi connectivity index (χ1) is 11.3. The van der Waals surface area contributed by atoms with E-state index in [1.807, 2.05) is 0 Å². The average Bonchev–Trinajstić information content (AvgIpc) is 2.54. The maximum atomic E-state index is 13.8. The van der Waals surface area contributed by atoms with E-state index in [0.29, 0.717) is 6.07 Å². The Kier molecular flexibility index (Phi) is 3.81. The van der Waals surface area contributed by atoms with E-state index in [4.69, 9.17) is 16.7 Å². The second-order valence-corrected chi connectivity index (χ2v) is 5.28. The fourth-order valence-electron chi connectivity index (χ4n) is 2.35. The summed E-state index contributed by atoms with van der Waals surface area (Å²) < 4.78 is 41.6. The summed E-state index contributed by atoms with van der Waals surface area (Å²) in [5.41, 5.74) is -1.65. The molecule has 24 heavy (non-hydrogen) atoms. The van der Waals surface area contributed by atoms with E-state index in [1.165, 1.54) is 12.1 Å². The average molecular weight is 354 g/mol. The van der Waals surface area contributed by atoms with Crippen molar-refractivity contribution in [1.82, 2.24) is 4.57 Å². The van der Waals surface area contributed by atoms with Crippen molar-refractivity contribution in [3.8, 4) is 5.69 Å². The van der Waals surface area contributed by atoms with E-state index in [0.717, 1.165) is 22.9 Å². The summed E-state index contributed by atoms with van der Waals surface area (Å²) in [5, 5.41) is 8.08. The monoisotopic (exact) mass is 353 g/mol. The molecule has 4 nitrogen and oxygen atoms in total. The van der Waals surface area contributed by atoms with Crippen LogP contribution in [0.1, 0.15) is 10.4 Å². The lowest BCUT2D eigenvalue weighted by Crippen LogP contribution is -2.19. The van der Waals surface area contributed by atoms with Crippen molar-refractivity contribution >= 4 is 28.5 Å². The molecule has 0 aliphatic rings. The van der Waals surface area contributed by atoms with E-state index < -0.39 is 44.8 Å². The summed E-state index contributed by atoms with van der Waals surface area (Å²) in [7, 11) is 0. The van der Waals surface area contributed by atoms with Crippen LogP contribution in [0.2, 0.25) is 5.02 Å². The molecule has 0 amide bonds. The predicted octanol–water partition coefficient (Wildman–Crippen LogP) is 3.76. The fraction of sp³-hybridized carbons (Fsp3) is 0. The Bertz CT molecular complexity index is 1050. The molecule has 0 unspecified atom stereocenters. The number of nitrogens with zero attached hydrogens (tertiary/aromatic N) is 1. The smallest absolute Gasteiger partial charge is 0.341 e. The van der Waals surface area contributed by atoms with Crippen LogP contribution in [0.5, 0.6) is 0 Å². The Balaban J connectivity index is 2.53. The van der Waals surface area contributed by atoms with Gasteiger partial charge in [0.25, 0.3) is 0 Å². The number of aromatic carboxylic acids is 1. The topological polar surface area (TPSA) is 59.3 Å². The number of hydrogen-bond donors (Lipinski definition) is 1. The van der Waals surface area contributed by atoms with Gasteiger partial charge < -0.3 is 9.67 Å². The highest BCUT2D eigenvalue weighted by molar-refractivity contribution is 6.35. The normalized spacial score (nSPS) is 11.0. The molecule has 2 aromatic carbocycles. The number of aromatic nitrogens is 1. The highest BCUT2D eigenvalue weighted by atomic mass is 35.5. The molecule has 8 heteroatoms. The summed E-state index contributed by atoms with van der Waals surface area (Å²) in [6.07, 6.45) is 0.934. The first kappa shape index (κ1) is 16.1. The minimum Gasteiger partial charge on any atom is -0.477 e. The molecule has 0 bridgehead atoms. The molecule has 1 aromatic heterocycles. The summed E-state index contributed by atoms with van der Waals surface area (Å²) in [5.74, 6) is -4.84. The van der Waals surface area contributed by atoms with Gasteiger partial charge in [-0.05, 0) is 30.3 Å². The van der Waals surface area contributed by atoms with Crippen LogP contribution < -0.4 is 5.43 Å². The first-order valence-corrected chi connectivity index (χ1v) is 6.91. The van der Waals surface area contributed by atoms with Crippen LogP contribution in [-0.2, 0) is 0 Å². The maximum Gasteiger partial charge on any atom is 0.341 e. The van der Waals surface area contributed by atoms with Crippen LogP contribution in [0.3, 0.4) is 0 Å². The maximum absolute atomic E-state index is 13.8. The SMILES string of the molecule is O=C(O)c1cn(-c2ccc(F)cc2)c2c(Cl)c(F)c(F)cc2c1=O. The van der Waals surface area contributed by atoms with E-state index in [-0.39, 0.29) is 11.2 Å². The molecule has 3 aromatic rings. The molecule has 0 saturated carbocycles. The van der Waals surface area contributed by atoms with Crippen LogP contribution in [0, 0.1) is 17.5 Å². The Labute approximate surface area is 137 Å². The van der Waals surface area contributed by atoms with Gasteiger partial charge in [0.2, 0.25) is 5.43 Å². The fourth-order valence-corrected chi connectivity index (χ4v) is 2.63. The van der Waals surface area contributed by atoms with Crippen molar-refractivity contribution in [2.45, 2.75) is 0 Å². The van der Waals surface area contributed by atoms with Gasteiger partial charge in [-0.15, -0.1) is 0 Å². The summed E-state index contributed by atoms with van der Waals surface area (Å²) in [6, 6.07) is 5.33. The lowest BCUT2D eigenvalue weighted by molar-refractivity contribution is 0.0695. The second kappa shape index (κ2) is 5.68. The molecule has 0 atom stereocenters. The summed E-state index contributed by atoms with van der Waals surface area (Å²) in [6.45, 7) is 0. The lowest BCUT2D eigenvalue weighted by Gasteiger charge is -2.14. The zero-order valence-corrected chi connectivity index (χ0v) is 12.4. The van der Waals surface area contributed by atoms with Gasteiger partial charge in [0.05, 0.1) is 10.9 Å². The summed E-state index contributed by atoms with van der Waals surface area (Å²) >= 11 is 5.83. The number of hydrogen-bond acceptors (Lipinski definition) is 2. The van der Waals surface area contributed by atoms with Gasteiger partial charge >= 0.3 is 5.97 Å². The third-order valence-electron chi connectivity index (χ3n) is 3.46. The first-order valence-electron chi connectivity index (χ1n) is 6.53. The minimum atomic E-state index is -1.54. The number of carbonyl (C=O) groups is 1. The molecule has 0 fully saturated rings. The molecular weight excluding hydrogens is 347 g/mol. The van der Waals surface area contributed by atoms with Crippen molar-refractivity contribution in [3.63, 3.8) is 0 Å². The quantitative estimate of drug-likeness (QED) is 0.714. The van der Waals surface area contributed by atoms with E-state index in [1.54, 1.807) is 0 Å². The third-order valence-corrected chi connectivity index (χ3v) is 3.80. The van der Waals surface area contributed by atoms with E-state index in [9.17, 15) is 22.8 Å². The number of fused-ring (bicyclic) bond motifs is 1. The van der Waals surface area contributed by atoms with Crippen LogP contribution in [0.25, 0.3) is 16.6 Å². The van der Waals surface area contributed by atoms with Crippen molar-refractivity contribution in [3.05, 3.63) is 74.8 Å². The Morgan fingerprint density at radius 3 is 2.33 bits per heavy atom. The van der Waals surface area contributed by atoms with Gasteiger partial charge in [-0.25, -0.2) is 18.0 Å². The molecule has 1 N–H and O–H groups in total. The van der Waals surface area contributed by atoms with Crippen LogP contribution in [0.15, 0.2) is 41.3 Å². The number of benzene rings is 2. The van der Waals surface area contributed by atoms with E-state index in [2.05, 4.69) is 0 Å². The van der Waals surface area contributed by atoms with Crippen LogP contribution in [-0.4, -0.2) is 15.6 Å². The molecule has 1 heterocycles. The molecule has 0 spiro atoms. The number of rotatable bonds is 2. The molecule has 0 aliphatic carbocycles.